The second kappa shape index (κ2) is 7.59. The number of nitrogens with two attached hydrogens (primary N) is 1. The van der Waals surface area contributed by atoms with Gasteiger partial charge in [-0.15, -0.1) is 0 Å². The second-order valence-electron chi connectivity index (χ2n) is 6.40. The van der Waals surface area contributed by atoms with Gasteiger partial charge in [0.15, 0.2) is 0 Å². The van der Waals surface area contributed by atoms with Crippen molar-refractivity contribution in [1.29, 1.82) is 5.26 Å². The molecule has 138 valence electrons. The van der Waals surface area contributed by atoms with E-state index < -0.39 is 0 Å². The predicted molar refractivity (Wildman–Crippen MR) is 112 cm³/mol. The van der Waals surface area contributed by atoms with Crippen LogP contribution in [-0.4, -0.2) is 16.5 Å². The van der Waals surface area contributed by atoms with Crippen LogP contribution in [0.2, 0.25) is 5.02 Å². The fourth-order valence-corrected chi connectivity index (χ4v) is 3.45. The molecule has 0 bridgehead atoms. The van der Waals surface area contributed by atoms with Gasteiger partial charge in [0.2, 0.25) is 0 Å². The van der Waals surface area contributed by atoms with E-state index in [0.717, 1.165) is 28.1 Å². The minimum atomic E-state index is 0.407. The van der Waals surface area contributed by atoms with Gasteiger partial charge in [-0.2, -0.15) is 5.26 Å². The number of nitrogens with one attached hydrogen (secondary N) is 2. The van der Waals surface area contributed by atoms with Crippen molar-refractivity contribution >= 4 is 34.5 Å². The van der Waals surface area contributed by atoms with Gasteiger partial charge in [0, 0.05) is 12.2 Å². The van der Waals surface area contributed by atoms with Crippen LogP contribution in [0.3, 0.4) is 0 Å². The van der Waals surface area contributed by atoms with Crippen LogP contribution in [-0.2, 0) is 6.42 Å². The van der Waals surface area contributed by atoms with Crippen LogP contribution in [0.4, 0.5) is 17.2 Å². The molecule has 0 unspecified atom stereocenters. The number of halogens is 1. The first-order valence-corrected chi connectivity index (χ1v) is 9.10. The van der Waals surface area contributed by atoms with Crippen molar-refractivity contribution in [2.45, 2.75) is 6.42 Å². The number of hydrogen-bond donors (Lipinski definition) is 3. The molecule has 0 saturated carbocycles. The highest BCUT2D eigenvalue weighted by Gasteiger charge is 2.22. The molecule has 1 aliphatic rings. The number of nitrogens with zero attached hydrogens (tertiary/aromatic N) is 3. The maximum atomic E-state index is 9.25. The second-order valence-corrected chi connectivity index (χ2v) is 6.78. The minimum absolute atomic E-state index is 0.407. The average molecular weight is 389 g/mol. The van der Waals surface area contributed by atoms with E-state index in [4.69, 9.17) is 17.3 Å². The highest BCUT2D eigenvalue weighted by Crippen LogP contribution is 2.39. The van der Waals surface area contributed by atoms with Crippen LogP contribution >= 0.6 is 11.6 Å². The summed E-state index contributed by atoms with van der Waals surface area (Å²) in [5.74, 6) is 0.513. The van der Waals surface area contributed by atoms with Crippen LogP contribution in [0.15, 0.2) is 60.6 Å². The van der Waals surface area contributed by atoms with E-state index in [0.29, 0.717) is 35.1 Å². The van der Waals surface area contributed by atoms with Gasteiger partial charge in [-0.3, -0.25) is 0 Å². The van der Waals surface area contributed by atoms with Crippen LogP contribution in [0.5, 0.6) is 0 Å². The first-order chi connectivity index (χ1) is 13.7. The molecule has 0 radical (unpaired) electrons. The molecule has 0 fully saturated rings. The molecule has 2 heterocycles. The molecule has 1 aliphatic heterocycles. The fraction of sp³-hybridized carbons (Fsp3) is 0.0952. The minimum Gasteiger partial charge on any atom is -0.397 e. The van der Waals surface area contributed by atoms with E-state index in [1.165, 1.54) is 12.5 Å². The summed E-state index contributed by atoms with van der Waals surface area (Å²) in [7, 11) is 0. The molecule has 7 heteroatoms. The summed E-state index contributed by atoms with van der Waals surface area (Å²) in [5.41, 5.74) is 12.0. The van der Waals surface area contributed by atoms with Crippen LogP contribution < -0.4 is 16.4 Å². The van der Waals surface area contributed by atoms with E-state index in [1.807, 2.05) is 42.5 Å². The zero-order valence-corrected chi connectivity index (χ0v) is 15.7. The van der Waals surface area contributed by atoms with Crippen molar-refractivity contribution in [2.24, 2.45) is 0 Å². The van der Waals surface area contributed by atoms with Gasteiger partial charge in [0.05, 0.1) is 22.6 Å². The third-order valence-corrected chi connectivity index (χ3v) is 5.04. The van der Waals surface area contributed by atoms with Crippen LogP contribution in [0.25, 0.3) is 5.70 Å². The average Bonchev–Trinajstić information content (AvgIpc) is 2.75. The quantitative estimate of drug-likeness (QED) is 0.582. The number of anilines is 3. The molecule has 0 amide bonds. The van der Waals surface area contributed by atoms with Crippen molar-refractivity contribution in [3.05, 3.63) is 82.3 Å². The molecule has 4 rings (SSSR count). The number of hydrogen-bond acceptors (Lipinski definition) is 6. The number of fused-ring (bicyclic) bond motifs is 1. The van der Waals surface area contributed by atoms with Gasteiger partial charge in [-0.1, -0.05) is 48.0 Å². The molecule has 6 nitrogen and oxygen atoms in total. The predicted octanol–water partition coefficient (Wildman–Crippen LogP) is 4.08. The molecular formula is C21H17ClN6. The zero-order chi connectivity index (χ0) is 19.5. The standard InChI is InChI=1S/C21H17ClN6/c22-18-17(24)7-6-14-8-15(11-26-21-16(9-23)10-25-12-27-21)19(28-20(14)18)13-4-2-1-3-5-13/h1-7,10,12,28H,8,11,24H2,(H,25,26,27). The molecular weight excluding hydrogens is 372 g/mol. The lowest BCUT2D eigenvalue weighted by Gasteiger charge is -2.27. The molecule has 0 aliphatic carbocycles. The number of nitriles is 1. The Kier molecular flexibility index (Phi) is 4.83. The van der Waals surface area contributed by atoms with E-state index in [-0.39, 0.29) is 0 Å². The smallest absolute Gasteiger partial charge is 0.147 e. The Hall–Kier alpha value is -3.56. The monoisotopic (exact) mass is 388 g/mol. The lowest BCUT2D eigenvalue weighted by atomic mass is 9.93. The Balaban J connectivity index is 1.72. The summed E-state index contributed by atoms with van der Waals surface area (Å²) in [5, 5.41) is 16.5. The van der Waals surface area contributed by atoms with Gasteiger partial charge in [0.1, 0.15) is 23.8 Å². The summed E-state index contributed by atoms with van der Waals surface area (Å²) < 4.78 is 0. The molecule has 4 N–H and O–H groups in total. The highest BCUT2D eigenvalue weighted by atomic mass is 35.5. The summed E-state index contributed by atoms with van der Waals surface area (Å²) >= 11 is 6.45. The van der Waals surface area contributed by atoms with Gasteiger partial charge in [-0.05, 0) is 29.2 Å². The lowest BCUT2D eigenvalue weighted by Crippen LogP contribution is -2.19. The Morgan fingerprint density at radius 2 is 2.04 bits per heavy atom. The molecule has 2 aromatic carbocycles. The van der Waals surface area contributed by atoms with E-state index in [9.17, 15) is 5.26 Å². The van der Waals surface area contributed by atoms with Crippen LogP contribution in [0, 0.1) is 11.3 Å². The number of nitrogen functional groups attached to an aromatic ring is 1. The molecule has 0 atom stereocenters. The van der Waals surface area contributed by atoms with Gasteiger partial charge in [0.25, 0.3) is 0 Å². The molecule has 3 aromatic rings. The third-order valence-electron chi connectivity index (χ3n) is 4.63. The van der Waals surface area contributed by atoms with Crippen molar-refractivity contribution in [1.82, 2.24) is 9.97 Å². The Morgan fingerprint density at radius 1 is 1.21 bits per heavy atom. The van der Waals surface area contributed by atoms with E-state index in [1.54, 1.807) is 0 Å². The summed E-state index contributed by atoms with van der Waals surface area (Å²) in [6.45, 7) is 0.518. The maximum absolute atomic E-state index is 9.25. The zero-order valence-electron chi connectivity index (χ0n) is 14.9. The Bertz CT molecular complexity index is 1100. The van der Waals surface area contributed by atoms with Crippen LogP contribution in [0.1, 0.15) is 16.7 Å². The van der Waals surface area contributed by atoms with Gasteiger partial charge in [-0.25, -0.2) is 9.97 Å². The molecule has 28 heavy (non-hydrogen) atoms. The molecule has 0 spiro atoms. The van der Waals surface area contributed by atoms with Crippen molar-refractivity contribution < 1.29 is 0 Å². The third kappa shape index (κ3) is 3.36. The lowest BCUT2D eigenvalue weighted by molar-refractivity contribution is 1.04. The first kappa shape index (κ1) is 17.8. The number of aromatic nitrogens is 2. The summed E-state index contributed by atoms with van der Waals surface area (Å²) in [6, 6.07) is 15.9. The van der Waals surface area contributed by atoms with Gasteiger partial charge >= 0.3 is 0 Å². The Labute approximate surface area is 167 Å². The summed E-state index contributed by atoms with van der Waals surface area (Å²) in [4.78, 5) is 8.07. The van der Waals surface area contributed by atoms with Crippen molar-refractivity contribution in [3.63, 3.8) is 0 Å². The normalized spacial score (nSPS) is 12.7. The van der Waals surface area contributed by atoms with E-state index >= 15 is 0 Å². The molecule has 0 saturated heterocycles. The number of benzene rings is 2. The first-order valence-electron chi connectivity index (χ1n) is 8.72. The SMILES string of the molecule is N#Cc1cncnc1NCC1=C(c2ccccc2)Nc2c(ccc(N)c2Cl)C1. The topological polar surface area (TPSA) is 99.6 Å². The van der Waals surface area contributed by atoms with E-state index in [2.05, 4.69) is 26.7 Å². The maximum Gasteiger partial charge on any atom is 0.147 e. The largest absolute Gasteiger partial charge is 0.397 e. The van der Waals surface area contributed by atoms with Crippen molar-refractivity contribution in [2.75, 3.05) is 22.9 Å². The Morgan fingerprint density at radius 3 is 2.82 bits per heavy atom. The summed E-state index contributed by atoms with van der Waals surface area (Å²) in [6.07, 6.45) is 3.62. The fourth-order valence-electron chi connectivity index (χ4n) is 3.22. The number of rotatable bonds is 4. The van der Waals surface area contributed by atoms with Gasteiger partial charge < -0.3 is 16.4 Å². The highest BCUT2D eigenvalue weighted by molar-refractivity contribution is 6.36. The van der Waals surface area contributed by atoms with Crippen molar-refractivity contribution in [3.8, 4) is 6.07 Å². The molecule has 1 aromatic heterocycles.